The molecule has 11 heteroatoms. The number of piperidine rings is 1. The number of nitrogens with zero attached hydrogens (tertiary/aromatic N) is 6. The Bertz CT molecular complexity index is 1730. The Morgan fingerprint density at radius 3 is 2.60 bits per heavy atom. The largest absolute Gasteiger partial charge is 0.494 e. The van der Waals surface area contributed by atoms with E-state index in [1.807, 2.05) is 29.3 Å². The van der Waals surface area contributed by atoms with Gasteiger partial charge >= 0.3 is 6.09 Å². The van der Waals surface area contributed by atoms with Crippen LogP contribution in [-0.2, 0) is 11.3 Å². The second kappa shape index (κ2) is 9.45. The number of hydrogen-bond donors (Lipinski definition) is 1. The van der Waals surface area contributed by atoms with Gasteiger partial charge in [-0.05, 0) is 67.9 Å². The fourth-order valence-corrected chi connectivity index (χ4v) is 7.37. The van der Waals surface area contributed by atoms with E-state index in [2.05, 4.69) is 21.3 Å². The Morgan fingerprint density at radius 1 is 1.07 bits per heavy atom. The highest BCUT2D eigenvalue weighted by Gasteiger charge is 2.47. The molecule has 3 atom stereocenters. The first-order valence-electron chi connectivity index (χ1n) is 14.9. The van der Waals surface area contributed by atoms with Gasteiger partial charge < -0.3 is 34.1 Å². The van der Waals surface area contributed by atoms with Gasteiger partial charge in [-0.25, -0.2) is 14.8 Å². The zero-order valence-electron chi connectivity index (χ0n) is 23.9. The van der Waals surface area contributed by atoms with Crippen LogP contribution >= 0.6 is 0 Å². The van der Waals surface area contributed by atoms with E-state index in [4.69, 9.17) is 25.2 Å². The van der Waals surface area contributed by atoms with Crippen LogP contribution in [0.5, 0.6) is 5.75 Å². The van der Waals surface area contributed by atoms with E-state index < -0.39 is 0 Å². The number of fused-ring (bicyclic) bond motifs is 4. The van der Waals surface area contributed by atoms with Crippen LogP contribution in [0.3, 0.4) is 0 Å². The summed E-state index contributed by atoms with van der Waals surface area (Å²) < 4.78 is 15.4. The molecule has 1 aromatic carbocycles. The SMILES string of the molecule is COC(=O)N1CC(n2c(-c3cc4cccnc4n3CC3CC3)nc3cc(C(=O)N4C[C@H]5CC[C@@H]4[C@@H]5N)cc(OC)c32)C1. The van der Waals surface area contributed by atoms with Gasteiger partial charge in [0.2, 0.25) is 0 Å². The number of pyridine rings is 1. The second-order valence-corrected chi connectivity index (χ2v) is 12.3. The number of benzene rings is 1. The van der Waals surface area contributed by atoms with Gasteiger partial charge in [0, 0.05) is 55.4 Å². The van der Waals surface area contributed by atoms with Gasteiger partial charge in [-0.1, -0.05) is 0 Å². The van der Waals surface area contributed by atoms with Crippen molar-refractivity contribution in [1.82, 2.24) is 28.9 Å². The van der Waals surface area contributed by atoms with Crippen LogP contribution < -0.4 is 10.5 Å². The molecule has 3 aromatic heterocycles. The average Bonchev–Trinajstić information content (AvgIpc) is 3.33. The predicted octanol–water partition coefficient (Wildman–Crippen LogP) is 3.66. The van der Waals surface area contributed by atoms with Crippen molar-refractivity contribution in [2.75, 3.05) is 33.9 Å². The lowest BCUT2D eigenvalue weighted by Crippen LogP contribution is -2.50. The van der Waals surface area contributed by atoms with Gasteiger partial charge in [0.25, 0.3) is 5.91 Å². The predicted molar refractivity (Wildman–Crippen MR) is 156 cm³/mol. The van der Waals surface area contributed by atoms with Gasteiger partial charge in [0.15, 0.2) is 5.82 Å². The lowest BCUT2D eigenvalue weighted by molar-refractivity contribution is 0.0698. The molecule has 0 unspecified atom stereocenters. The van der Waals surface area contributed by atoms with Crippen LogP contribution in [-0.4, -0.2) is 86.8 Å². The molecule has 0 spiro atoms. The van der Waals surface area contributed by atoms with Crippen LogP contribution in [0.2, 0.25) is 0 Å². The number of carbonyl (C=O) groups excluding carboxylic acids is 2. The van der Waals surface area contributed by atoms with E-state index in [1.54, 1.807) is 12.0 Å². The van der Waals surface area contributed by atoms with E-state index in [-0.39, 0.29) is 30.1 Å². The first-order chi connectivity index (χ1) is 20.4. The normalized spacial score (nSPS) is 23.6. The third-order valence-corrected chi connectivity index (χ3v) is 9.81. The molecule has 2 aliphatic carbocycles. The highest BCUT2D eigenvalue weighted by Crippen LogP contribution is 2.42. The van der Waals surface area contributed by atoms with E-state index in [0.29, 0.717) is 48.3 Å². The Kier molecular flexibility index (Phi) is 5.76. The van der Waals surface area contributed by atoms with Crippen LogP contribution in [0.4, 0.5) is 4.79 Å². The molecule has 2 N–H and O–H groups in total. The molecule has 2 amide bonds. The van der Waals surface area contributed by atoms with Crippen molar-refractivity contribution in [3.05, 3.63) is 42.1 Å². The van der Waals surface area contributed by atoms with Gasteiger partial charge in [0.05, 0.1) is 31.5 Å². The summed E-state index contributed by atoms with van der Waals surface area (Å²) in [6.45, 7) is 2.55. The standard InChI is InChI=1S/C31H35N7O4/c1-41-25-12-20(30(39)37-14-19-7-8-23(37)26(19)32)10-22-27(25)38(21-15-35(16-21)31(40)42-2)29(34-22)24-11-18-4-3-9-33-28(18)36(24)13-17-5-6-17/h3-4,9-12,17,19,21,23,26H,5-8,13-16,32H2,1-2H3/t19-,23-,26-/m1/s1. The minimum atomic E-state index is -0.345. The molecule has 2 aliphatic heterocycles. The van der Waals surface area contributed by atoms with Crippen molar-refractivity contribution >= 4 is 34.1 Å². The third-order valence-electron chi connectivity index (χ3n) is 9.81. The maximum atomic E-state index is 13.8. The van der Waals surface area contributed by atoms with E-state index in [1.165, 1.54) is 20.0 Å². The van der Waals surface area contributed by atoms with Crippen molar-refractivity contribution in [2.24, 2.45) is 17.6 Å². The van der Waals surface area contributed by atoms with E-state index in [0.717, 1.165) is 47.5 Å². The van der Waals surface area contributed by atoms with Gasteiger partial charge in [-0.15, -0.1) is 0 Å². The highest BCUT2D eigenvalue weighted by molar-refractivity contribution is 6.00. The molecule has 218 valence electrons. The van der Waals surface area contributed by atoms with Crippen molar-refractivity contribution in [3.63, 3.8) is 0 Å². The van der Waals surface area contributed by atoms with Crippen molar-refractivity contribution in [1.29, 1.82) is 0 Å². The maximum absolute atomic E-state index is 13.8. The molecule has 0 radical (unpaired) electrons. The summed E-state index contributed by atoms with van der Waals surface area (Å²) in [5.41, 5.74) is 10.4. The summed E-state index contributed by atoms with van der Waals surface area (Å²) in [4.78, 5) is 39.6. The van der Waals surface area contributed by atoms with Crippen LogP contribution in [0.15, 0.2) is 36.5 Å². The number of likely N-dealkylation sites (tertiary alicyclic amines) is 2. The average molecular weight is 570 g/mol. The lowest BCUT2D eigenvalue weighted by Gasteiger charge is -2.39. The number of aromatic nitrogens is 4. The minimum absolute atomic E-state index is 0.0264. The lowest BCUT2D eigenvalue weighted by atomic mass is 10.1. The number of carbonyl (C=O) groups is 2. The number of ether oxygens (including phenoxy) is 2. The smallest absolute Gasteiger partial charge is 0.409 e. The first-order valence-corrected chi connectivity index (χ1v) is 14.9. The molecule has 4 aromatic rings. The number of nitrogens with two attached hydrogens (primary N) is 1. The summed E-state index contributed by atoms with van der Waals surface area (Å²) >= 11 is 0. The summed E-state index contributed by atoms with van der Waals surface area (Å²) in [6.07, 6.45) is 5.94. The van der Waals surface area contributed by atoms with Crippen molar-refractivity contribution in [3.8, 4) is 17.3 Å². The number of rotatable bonds is 6. The number of methoxy groups -OCH3 is 2. The molecule has 11 nitrogen and oxygen atoms in total. The fourth-order valence-electron chi connectivity index (χ4n) is 7.37. The number of hydrogen-bond acceptors (Lipinski definition) is 7. The zero-order chi connectivity index (χ0) is 28.7. The van der Waals surface area contributed by atoms with Crippen molar-refractivity contribution in [2.45, 2.75) is 50.4 Å². The Morgan fingerprint density at radius 2 is 1.90 bits per heavy atom. The second-order valence-electron chi connectivity index (χ2n) is 12.3. The van der Waals surface area contributed by atoms with Gasteiger partial charge in [-0.2, -0.15) is 0 Å². The summed E-state index contributed by atoms with van der Waals surface area (Å²) in [5.74, 6) is 2.33. The van der Waals surface area contributed by atoms with Gasteiger partial charge in [0.1, 0.15) is 16.9 Å². The first kappa shape index (κ1) is 25.6. The number of imidazole rings is 1. The molecule has 5 heterocycles. The highest BCUT2D eigenvalue weighted by atomic mass is 16.5. The number of amides is 2. The third kappa shape index (κ3) is 3.82. The molecule has 2 bridgehead atoms. The Hall–Kier alpha value is -4.12. The van der Waals surface area contributed by atoms with Crippen molar-refractivity contribution < 1.29 is 19.1 Å². The zero-order valence-corrected chi connectivity index (χ0v) is 23.9. The Labute approximate surface area is 243 Å². The van der Waals surface area contributed by atoms with Crippen LogP contribution in [0, 0.1) is 11.8 Å². The minimum Gasteiger partial charge on any atom is -0.494 e. The fraction of sp³-hybridized carbons (Fsp3) is 0.484. The molecule has 4 fully saturated rings. The Balaban J connectivity index is 1.28. The van der Waals surface area contributed by atoms with Crippen LogP contribution in [0.1, 0.15) is 42.1 Å². The molecule has 2 saturated carbocycles. The summed E-state index contributed by atoms with van der Waals surface area (Å²) in [7, 11) is 3.03. The molecule has 42 heavy (non-hydrogen) atoms. The summed E-state index contributed by atoms with van der Waals surface area (Å²) in [6, 6.07) is 10.0. The molecule has 8 rings (SSSR count). The van der Waals surface area contributed by atoms with Crippen LogP contribution in [0.25, 0.3) is 33.6 Å². The molecule has 2 saturated heterocycles. The monoisotopic (exact) mass is 569 g/mol. The topological polar surface area (TPSA) is 121 Å². The van der Waals surface area contributed by atoms with E-state index in [9.17, 15) is 9.59 Å². The summed E-state index contributed by atoms with van der Waals surface area (Å²) in [5, 5.41) is 1.06. The van der Waals surface area contributed by atoms with E-state index >= 15 is 0 Å². The maximum Gasteiger partial charge on any atom is 0.409 e. The molecular formula is C31H35N7O4. The van der Waals surface area contributed by atoms with Gasteiger partial charge in [-0.3, -0.25) is 4.79 Å². The quantitative estimate of drug-likeness (QED) is 0.376. The molecular weight excluding hydrogens is 534 g/mol. The molecule has 4 aliphatic rings.